The van der Waals surface area contributed by atoms with Gasteiger partial charge in [-0.25, -0.2) is 4.79 Å². The van der Waals surface area contributed by atoms with Crippen LogP contribution in [0.4, 0.5) is 11.4 Å². The van der Waals surface area contributed by atoms with Crippen LogP contribution < -0.4 is 29.6 Å². The van der Waals surface area contributed by atoms with E-state index in [0.29, 0.717) is 0 Å². The van der Waals surface area contributed by atoms with Crippen LogP contribution in [0.3, 0.4) is 0 Å². The summed E-state index contributed by atoms with van der Waals surface area (Å²) in [6, 6.07) is 11.5. The molecule has 0 fully saturated rings. The van der Waals surface area contributed by atoms with E-state index in [0.717, 1.165) is 27.7 Å². The van der Waals surface area contributed by atoms with Crippen molar-refractivity contribution in [2.75, 3.05) is 10.6 Å². The molecule has 3 rings (SSSR count). The highest BCUT2D eigenvalue weighted by molar-refractivity contribution is 6.71. The highest BCUT2D eigenvalue weighted by atomic mass is 28.4. The van der Waals surface area contributed by atoms with Crippen LogP contribution in [0.1, 0.15) is 58.8 Å². The maximum Gasteiger partial charge on any atom is 0.324 e. The first-order valence-electron chi connectivity index (χ1n) is 13.9. The van der Waals surface area contributed by atoms with Gasteiger partial charge >= 0.3 is 29.8 Å². The van der Waals surface area contributed by atoms with Crippen LogP contribution >= 0.6 is 0 Å². The first-order chi connectivity index (χ1) is 21.9. The zero-order chi connectivity index (χ0) is 35.1. The Labute approximate surface area is 270 Å². The molecule has 2 amide bonds. The second-order valence-corrected chi connectivity index (χ2v) is 15.4. The Bertz CT molecular complexity index is 1600. The number of hydrogen-bond donors (Lipinski definition) is 2. The lowest BCUT2D eigenvalue weighted by Gasteiger charge is -2.18. The first-order valence-corrected chi connectivity index (χ1v) is 17.3. The molecule has 2 N–H and O–H groups in total. The average Bonchev–Trinajstić information content (AvgIpc) is 2.90. The van der Waals surface area contributed by atoms with E-state index in [2.05, 4.69) is 10.6 Å². The molecule has 0 bridgehead atoms. The van der Waals surface area contributed by atoms with Gasteiger partial charge in [0.05, 0.1) is 5.56 Å². The third-order valence-electron chi connectivity index (χ3n) is 5.41. The van der Waals surface area contributed by atoms with Crippen LogP contribution in [-0.2, 0) is 23.6 Å². The summed E-state index contributed by atoms with van der Waals surface area (Å²) >= 11 is 0. The van der Waals surface area contributed by atoms with Crippen molar-refractivity contribution in [3.8, 4) is 23.0 Å². The van der Waals surface area contributed by atoms with Gasteiger partial charge in [0.2, 0.25) is 8.32 Å². The Morgan fingerprint density at radius 3 is 1.06 bits per heavy atom. The van der Waals surface area contributed by atoms with Crippen molar-refractivity contribution in [1.29, 1.82) is 0 Å². The molecule has 0 radical (unpaired) electrons. The van der Waals surface area contributed by atoms with E-state index in [1.54, 1.807) is 19.6 Å². The highest BCUT2D eigenvalue weighted by Gasteiger charge is 2.23. The molecule has 14 nitrogen and oxygen atoms in total. The topological polar surface area (TPSA) is 190 Å². The number of benzene rings is 3. The number of rotatable bonds is 10. The zero-order valence-electron chi connectivity index (χ0n) is 26.6. The SMILES string of the molecule is CC(=O)Oc1cc(OC(C)=O)cc(C(=O)Nc2cc(NC(=O)c3cc(OC(C)=O)cc(OC(C)=O)c3)cc(C(=O)O[Si](C)(C)C)c2)c1. The van der Waals surface area contributed by atoms with Gasteiger partial charge in [-0.2, -0.15) is 0 Å². The maximum absolute atomic E-state index is 13.3. The van der Waals surface area contributed by atoms with Crippen molar-refractivity contribution >= 4 is 61.4 Å². The number of nitrogens with one attached hydrogen (secondary N) is 2. The molecular formula is C32H32N2O12Si. The smallest absolute Gasteiger partial charge is 0.324 e. The van der Waals surface area contributed by atoms with Crippen LogP contribution in [0.15, 0.2) is 54.6 Å². The van der Waals surface area contributed by atoms with Crippen molar-refractivity contribution in [2.45, 2.75) is 47.3 Å². The van der Waals surface area contributed by atoms with E-state index in [1.807, 2.05) is 0 Å². The zero-order valence-corrected chi connectivity index (χ0v) is 27.6. The van der Waals surface area contributed by atoms with Gasteiger partial charge in [-0.15, -0.1) is 0 Å². The predicted molar refractivity (Wildman–Crippen MR) is 169 cm³/mol. The van der Waals surface area contributed by atoms with Gasteiger partial charge in [-0.05, 0) is 62.1 Å². The minimum Gasteiger partial charge on any atom is -0.516 e. The van der Waals surface area contributed by atoms with Crippen molar-refractivity contribution < 1.29 is 56.9 Å². The molecule has 3 aromatic rings. The summed E-state index contributed by atoms with van der Waals surface area (Å²) in [4.78, 5) is 85.8. The second-order valence-electron chi connectivity index (χ2n) is 11.0. The molecule has 0 atom stereocenters. The fourth-order valence-corrected chi connectivity index (χ4v) is 4.61. The number of ether oxygens (including phenoxy) is 4. The lowest BCUT2D eigenvalue weighted by atomic mass is 10.1. The van der Waals surface area contributed by atoms with Crippen LogP contribution in [0.2, 0.25) is 19.6 Å². The van der Waals surface area contributed by atoms with Gasteiger partial charge < -0.3 is 34.0 Å². The molecule has 0 heterocycles. The Balaban J connectivity index is 2.02. The van der Waals surface area contributed by atoms with Crippen molar-refractivity contribution in [3.63, 3.8) is 0 Å². The summed E-state index contributed by atoms with van der Waals surface area (Å²) in [6.07, 6.45) is 0. The summed E-state index contributed by atoms with van der Waals surface area (Å²) in [5.41, 5.74) is -0.0426. The Morgan fingerprint density at radius 1 is 0.468 bits per heavy atom. The van der Waals surface area contributed by atoms with Crippen molar-refractivity contribution in [3.05, 3.63) is 71.3 Å². The number of amides is 2. The van der Waals surface area contributed by atoms with Gasteiger partial charge in [0.1, 0.15) is 23.0 Å². The highest BCUT2D eigenvalue weighted by Crippen LogP contribution is 2.28. The third kappa shape index (κ3) is 11.6. The van der Waals surface area contributed by atoms with Crippen LogP contribution in [0, 0.1) is 0 Å². The first kappa shape index (κ1) is 35.6. The van der Waals surface area contributed by atoms with Crippen molar-refractivity contribution in [1.82, 2.24) is 0 Å². The van der Waals surface area contributed by atoms with Gasteiger partial charge in [0.15, 0.2) is 0 Å². The van der Waals surface area contributed by atoms with E-state index in [4.69, 9.17) is 23.4 Å². The molecule has 0 aromatic heterocycles. The second kappa shape index (κ2) is 15.0. The maximum atomic E-state index is 13.3. The third-order valence-corrected chi connectivity index (χ3v) is 6.21. The number of esters is 4. The molecule has 0 saturated carbocycles. The largest absolute Gasteiger partial charge is 0.516 e. The molecule has 0 unspecified atom stereocenters. The molecule has 3 aromatic carbocycles. The molecule has 246 valence electrons. The summed E-state index contributed by atoms with van der Waals surface area (Å²) in [5.74, 6) is -5.17. The van der Waals surface area contributed by atoms with Gasteiger partial charge in [-0.3, -0.25) is 28.8 Å². The van der Waals surface area contributed by atoms with E-state index >= 15 is 0 Å². The van der Waals surface area contributed by atoms with E-state index in [9.17, 15) is 33.6 Å². The number of anilines is 2. The molecule has 0 aliphatic rings. The Hall–Kier alpha value is -5.83. The van der Waals surface area contributed by atoms with E-state index in [-0.39, 0.29) is 51.1 Å². The normalized spacial score (nSPS) is 10.6. The molecule has 0 aliphatic heterocycles. The fourth-order valence-electron chi connectivity index (χ4n) is 3.94. The fraction of sp³-hybridized carbons (Fsp3) is 0.219. The van der Waals surface area contributed by atoms with E-state index < -0.39 is 50.0 Å². The van der Waals surface area contributed by atoms with Gasteiger partial charge in [0, 0.05) is 62.3 Å². The lowest BCUT2D eigenvalue weighted by Crippen LogP contribution is -2.29. The molecule has 15 heteroatoms. The Kier molecular flexibility index (Phi) is 11.3. The predicted octanol–water partition coefficient (Wildman–Crippen LogP) is 4.88. The van der Waals surface area contributed by atoms with Crippen LogP contribution in [0.5, 0.6) is 23.0 Å². The molecular weight excluding hydrogens is 632 g/mol. The Morgan fingerprint density at radius 2 is 0.787 bits per heavy atom. The van der Waals surface area contributed by atoms with Crippen LogP contribution in [-0.4, -0.2) is 50.0 Å². The summed E-state index contributed by atoms with van der Waals surface area (Å²) in [7, 11) is -2.38. The number of hydrogen-bond acceptors (Lipinski definition) is 12. The summed E-state index contributed by atoms with van der Waals surface area (Å²) in [6.45, 7) is 10.0. The van der Waals surface area contributed by atoms with Gasteiger partial charge in [0.25, 0.3) is 11.8 Å². The molecule has 47 heavy (non-hydrogen) atoms. The lowest BCUT2D eigenvalue weighted by molar-refractivity contribution is -0.133. The van der Waals surface area contributed by atoms with Crippen molar-refractivity contribution in [2.24, 2.45) is 0 Å². The minimum atomic E-state index is -2.38. The standard InChI is InChI=1S/C32H32N2O12Si/c1-17(35)42-26-10-21(11-27(15-26)43-18(2)36)30(39)33-24-8-23(32(41)46-47(5,6)7)9-25(14-24)34-31(40)22-12-28(44-19(3)37)16-29(13-22)45-20(4)38/h8-16H,1-7H3,(H,33,39)(H,34,40). The van der Waals surface area contributed by atoms with Gasteiger partial charge in [-0.1, -0.05) is 0 Å². The molecule has 0 spiro atoms. The quantitative estimate of drug-likeness (QED) is 0.170. The van der Waals surface area contributed by atoms with Crippen LogP contribution in [0.25, 0.3) is 0 Å². The molecule has 0 aliphatic carbocycles. The number of carbonyl (C=O) groups is 7. The monoisotopic (exact) mass is 664 g/mol. The average molecular weight is 665 g/mol. The minimum absolute atomic E-state index is 0.0101. The molecule has 0 saturated heterocycles. The summed E-state index contributed by atoms with van der Waals surface area (Å²) in [5, 5.41) is 5.22. The van der Waals surface area contributed by atoms with E-state index in [1.165, 1.54) is 54.6 Å². The summed E-state index contributed by atoms with van der Waals surface area (Å²) < 4.78 is 25.9. The number of carbonyl (C=O) groups excluding carboxylic acids is 7.